The van der Waals surface area contributed by atoms with Gasteiger partial charge in [0.1, 0.15) is 5.69 Å². The second-order valence-corrected chi connectivity index (χ2v) is 5.72. The Morgan fingerprint density at radius 1 is 1.04 bits per heavy atom. The van der Waals surface area contributed by atoms with Gasteiger partial charge in [-0.05, 0) is 35.4 Å². The van der Waals surface area contributed by atoms with Crippen molar-refractivity contribution in [3.63, 3.8) is 0 Å². The van der Waals surface area contributed by atoms with Crippen LogP contribution in [-0.2, 0) is 12.7 Å². The molecule has 1 aromatic carbocycles. The molecule has 0 saturated carbocycles. The van der Waals surface area contributed by atoms with Gasteiger partial charge in [-0.1, -0.05) is 24.3 Å². The molecule has 0 radical (unpaired) electrons. The highest BCUT2D eigenvalue weighted by Gasteiger charge is 2.32. The van der Waals surface area contributed by atoms with E-state index in [0.29, 0.717) is 12.1 Å². The second-order valence-electron chi connectivity index (χ2n) is 5.72. The summed E-state index contributed by atoms with van der Waals surface area (Å²) in [4.78, 5) is 3.59. The van der Waals surface area contributed by atoms with Crippen molar-refractivity contribution in [3.05, 3.63) is 83.4 Å². The van der Waals surface area contributed by atoms with Crippen LogP contribution >= 0.6 is 0 Å². The predicted octanol–water partition coefficient (Wildman–Crippen LogP) is 4.08. The van der Waals surface area contributed by atoms with Crippen molar-refractivity contribution in [2.75, 3.05) is 0 Å². The van der Waals surface area contributed by atoms with Crippen LogP contribution in [0.5, 0.6) is 0 Å². The molecule has 1 aliphatic heterocycles. The summed E-state index contributed by atoms with van der Waals surface area (Å²) in [5.74, 6) is 0. The van der Waals surface area contributed by atoms with Crippen LogP contribution in [0.3, 0.4) is 0 Å². The topological polar surface area (TPSA) is 29.9 Å². The van der Waals surface area contributed by atoms with Crippen molar-refractivity contribution in [1.29, 1.82) is 0 Å². The van der Waals surface area contributed by atoms with Crippen LogP contribution in [0.1, 0.15) is 28.6 Å². The van der Waals surface area contributed by atoms with Crippen LogP contribution in [-0.4, -0.2) is 9.55 Å². The first kappa shape index (κ1) is 15.0. The maximum Gasteiger partial charge on any atom is 0.433 e. The quantitative estimate of drug-likeness (QED) is 0.729. The molecular weight excluding hydrogens is 315 g/mol. The number of rotatable bonds is 1. The third-order valence-corrected chi connectivity index (χ3v) is 4.23. The number of para-hydroxylation sites is 1. The van der Waals surface area contributed by atoms with Crippen molar-refractivity contribution in [1.82, 2.24) is 14.9 Å². The Morgan fingerprint density at radius 2 is 1.88 bits per heavy atom. The lowest BCUT2D eigenvalue weighted by molar-refractivity contribution is -0.141. The Bertz CT molecular complexity index is 866. The SMILES string of the molecule is FC(F)(F)c1ccc(C2NCc3ccccc3-n3cccc32)cn1. The van der Waals surface area contributed by atoms with E-state index in [1.807, 2.05) is 42.6 Å². The number of benzene rings is 1. The van der Waals surface area contributed by atoms with E-state index in [1.54, 1.807) is 0 Å². The number of nitrogens with zero attached hydrogens (tertiary/aromatic N) is 2. The Hall–Kier alpha value is -2.60. The normalized spacial score (nSPS) is 17.0. The van der Waals surface area contributed by atoms with Gasteiger partial charge in [0.25, 0.3) is 0 Å². The van der Waals surface area contributed by atoms with Crippen LogP contribution in [0.2, 0.25) is 0 Å². The molecule has 0 amide bonds. The van der Waals surface area contributed by atoms with Gasteiger partial charge in [-0.2, -0.15) is 13.2 Å². The molecule has 4 rings (SSSR count). The molecule has 0 spiro atoms. The van der Waals surface area contributed by atoms with Gasteiger partial charge < -0.3 is 9.88 Å². The number of alkyl halides is 3. The van der Waals surface area contributed by atoms with E-state index in [1.165, 1.54) is 12.3 Å². The summed E-state index contributed by atoms with van der Waals surface area (Å²) in [5.41, 5.74) is 3.01. The van der Waals surface area contributed by atoms with E-state index in [2.05, 4.69) is 14.9 Å². The van der Waals surface area contributed by atoms with E-state index in [0.717, 1.165) is 23.0 Å². The Kier molecular flexibility index (Phi) is 3.42. The van der Waals surface area contributed by atoms with Gasteiger partial charge in [0.15, 0.2) is 0 Å². The molecular formula is C18H14F3N3. The first-order valence-electron chi connectivity index (χ1n) is 7.56. The van der Waals surface area contributed by atoms with Crippen LogP contribution in [0.15, 0.2) is 60.9 Å². The lowest BCUT2D eigenvalue weighted by Gasteiger charge is -2.18. The molecule has 1 atom stereocenters. The second kappa shape index (κ2) is 5.49. The van der Waals surface area contributed by atoms with Gasteiger partial charge in [-0.25, -0.2) is 0 Å². The number of hydrogen-bond acceptors (Lipinski definition) is 2. The molecule has 0 bridgehead atoms. The van der Waals surface area contributed by atoms with Crippen molar-refractivity contribution < 1.29 is 13.2 Å². The Balaban J connectivity index is 1.76. The molecule has 122 valence electrons. The summed E-state index contributed by atoms with van der Waals surface area (Å²) < 4.78 is 40.2. The lowest BCUT2D eigenvalue weighted by Crippen LogP contribution is -2.21. The predicted molar refractivity (Wildman–Crippen MR) is 83.7 cm³/mol. The van der Waals surface area contributed by atoms with Crippen LogP contribution in [0, 0.1) is 0 Å². The van der Waals surface area contributed by atoms with Gasteiger partial charge >= 0.3 is 6.18 Å². The highest BCUT2D eigenvalue weighted by atomic mass is 19.4. The minimum atomic E-state index is -4.42. The molecule has 1 aliphatic rings. The summed E-state index contributed by atoms with van der Waals surface area (Å²) in [7, 11) is 0. The van der Waals surface area contributed by atoms with E-state index >= 15 is 0 Å². The number of hydrogen-bond donors (Lipinski definition) is 1. The zero-order chi connectivity index (χ0) is 16.7. The molecule has 1 unspecified atom stereocenters. The maximum absolute atomic E-state index is 12.7. The summed E-state index contributed by atoms with van der Waals surface area (Å²) in [6.45, 7) is 0.629. The summed E-state index contributed by atoms with van der Waals surface area (Å²) in [5, 5.41) is 3.41. The van der Waals surface area contributed by atoms with Crippen molar-refractivity contribution in [3.8, 4) is 5.69 Å². The van der Waals surface area contributed by atoms with Gasteiger partial charge in [0, 0.05) is 30.3 Å². The largest absolute Gasteiger partial charge is 0.433 e. The minimum Gasteiger partial charge on any atom is -0.319 e. The molecule has 0 fully saturated rings. The molecule has 24 heavy (non-hydrogen) atoms. The van der Waals surface area contributed by atoms with Crippen molar-refractivity contribution >= 4 is 0 Å². The molecule has 6 heteroatoms. The van der Waals surface area contributed by atoms with E-state index < -0.39 is 11.9 Å². The highest BCUT2D eigenvalue weighted by molar-refractivity contribution is 5.46. The molecule has 3 aromatic rings. The van der Waals surface area contributed by atoms with Crippen LogP contribution in [0.4, 0.5) is 13.2 Å². The monoisotopic (exact) mass is 329 g/mol. The van der Waals surface area contributed by atoms with Crippen LogP contribution in [0.25, 0.3) is 5.69 Å². The highest BCUT2D eigenvalue weighted by Crippen LogP contribution is 2.32. The fraction of sp³-hybridized carbons (Fsp3) is 0.167. The number of fused-ring (bicyclic) bond motifs is 3. The fourth-order valence-electron chi connectivity index (χ4n) is 3.09. The van der Waals surface area contributed by atoms with Crippen molar-refractivity contribution in [2.24, 2.45) is 0 Å². The summed E-state index contributed by atoms with van der Waals surface area (Å²) >= 11 is 0. The van der Waals surface area contributed by atoms with Gasteiger partial charge in [-0.15, -0.1) is 0 Å². The smallest absolute Gasteiger partial charge is 0.319 e. The number of nitrogens with one attached hydrogen (secondary N) is 1. The third kappa shape index (κ3) is 2.49. The molecule has 3 heterocycles. The molecule has 3 nitrogen and oxygen atoms in total. The third-order valence-electron chi connectivity index (χ3n) is 4.23. The summed E-state index contributed by atoms with van der Waals surface area (Å²) in [6.07, 6.45) is -1.16. The first-order chi connectivity index (χ1) is 11.5. The van der Waals surface area contributed by atoms with E-state index in [9.17, 15) is 13.2 Å². The van der Waals surface area contributed by atoms with Gasteiger partial charge in [-0.3, -0.25) is 4.98 Å². The van der Waals surface area contributed by atoms with E-state index in [4.69, 9.17) is 0 Å². The number of pyridine rings is 1. The maximum atomic E-state index is 12.7. The zero-order valence-corrected chi connectivity index (χ0v) is 12.6. The lowest BCUT2D eigenvalue weighted by atomic mass is 10.1. The number of aromatic nitrogens is 2. The van der Waals surface area contributed by atoms with Crippen LogP contribution < -0.4 is 5.32 Å². The number of halogens is 3. The first-order valence-corrected chi connectivity index (χ1v) is 7.56. The fourth-order valence-corrected chi connectivity index (χ4v) is 3.09. The molecule has 1 N–H and O–H groups in total. The molecule has 2 aromatic heterocycles. The zero-order valence-electron chi connectivity index (χ0n) is 12.6. The summed E-state index contributed by atoms with van der Waals surface area (Å²) in [6, 6.07) is 14.2. The average Bonchev–Trinajstić information content (AvgIpc) is 2.99. The Morgan fingerprint density at radius 3 is 2.62 bits per heavy atom. The molecule has 0 aliphatic carbocycles. The minimum absolute atomic E-state index is 0.220. The van der Waals surface area contributed by atoms with E-state index in [-0.39, 0.29) is 6.04 Å². The Labute approximate surface area is 136 Å². The average molecular weight is 329 g/mol. The van der Waals surface area contributed by atoms with Gasteiger partial charge in [0.2, 0.25) is 0 Å². The van der Waals surface area contributed by atoms with Gasteiger partial charge in [0.05, 0.1) is 6.04 Å². The molecule has 0 saturated heterocycles. The van der Waals surface area contributed by atoms with Crippen molar-refractivity contribution in [2.45, 2.75) is 18.8 Å². The standard InChI is InChI=1S/C18H14F3N3/c19-18(20,21)16-8-7-13(11-22-16)17-15-6-3-9-24(15)14-5-2-1-4-12(14)10-23-17/h1-9,11,17,23H,10H2.